The second kappa shape index (κ2) is 8.70. The first-order valence-electron chi connectivity index (χ1n) is 9.73. The van der Waals surface area contributed by atoms with Gasteiger partial charge in [-0.2, -0.15) is 0 Å². The fraction of sp³-hybridized carbons (Fsp3) is 0.125. The van der Waals surface area contributed by atoms with Crippen LogP contribution in [-0.4, -0.2) is 28.8 Å². The number of nitrogens with one attached hydrogen (secondary N) is 2. The molecule has 2 atom stereocenters. The molecule has 1 fully saturated rings. The van der Waals surface area contributed by atoms with Crippen LogP contribution in [0.3, 0.4) is 0 Å². The molecule has 7 heteroatoms. The number of halogens is 2. The zero-order valence-corrected chi connectivity index (χ0v) is 17.4. The number of carbonyl (C=O) groups is 2. The van der Waals surface area contributed by atoms with Crippen LogP contribution in [0, 0.1) is 12.7 Å². The average molecular weight is 437 g/mol. The number of rotatable bonds is 4. The Morgan fingerprint density at radius 3 is 2.32 bits per heavy atom. The zero-order chi connectivity index (χ0) is 22.0. The van der Waals surface area contributed by atoms with Gasteiger partial charge in [0.1, 0.15) is 5.82 Å². The standard InChI is InChI=1S/C24H19ClFN3O2/c1-15-2-6-17(7-3-15)22-21(27-23(30)18-8-10-19(25)11-9-18)24(31)28-29(22)14-16-4-12-20(26)13-5-16/h2-14,21-22H,1H3,(H-,27,28,30,31)/p+1/b29-14-/t21-,22-/m0/s1. The number of benzene rings is 3. The number of hydrogen-bond acceptors (Lipinski definition) is 2. The smallest absolute Gasteiger partial charge is 0.304 e. The SMILES string of the molecule is Cc1ccc([C@H]2[C@H](NC(=O)c3ccc(Cl)cc3)C(=O)N/[N+]2=C\c2ccc(F)cc2)cc1. The van der Waals surface area contributed by atoms with Crippen molar-refractivity contribution in [3.63, 3.8) is 0 Å². The molecule has 4 rings (SSSR count). The van der Waals surface area contributed by atoms with E-state index in [4.69, 9.17) is 11.6 Å². The van der Waals surface area contributed by atoms with Gasteiger partial charge < -0.3 is 5.32 Å². The fourth-order valence-electron chi connectivity index (χ4n) is 3.48. The van der Waals surface area contributed by atoms with Crippen LogP contribution in [0.15, 0.2) is 72.8 Å². The Balaban J connectivity index is 1.69. The molecule has 1 aliphatic rings. The van der Waals surface area contributed by atoms with E-state index >= 15 is 0 Å². The molecule has 0 spiro atoms. The molecule has 0 aliphatic carbocycles. The lowest BCUT2D eigenvalue weighted by molar-refractivity contribution is -0.596. The number of hydrogen-bond donors (Lipinski definition) is 2. The minimum atomic E-state index is -0.831. The van der Waals surface area contributed by atoms with Crippen LogP contribution in [0.4, 0.5) is 4.39 Å². The average Bonchev–Trinajstić information content (AvgIpc) is 3.05. The Kier molecular flexibility index (Phi) is 5.82. The van der Waals surface area contributed by atoms with Crippen molar-refractivity contribution < 1.29 is 18.7 Å². The molecule has 2 amide bonds. The van der Waals surface area contributed by atoms with Crippen LogP contribution in [0.25, 0.3) is 0 Å². The molecule has 31 heavy (non-hydrogen) atoms. The van der Waals surface area contributed by atoms with E-state index in [2.05, 4.69) is 10.7 Å². The number of carbonyl (C=O) groups excluding carboxylic acids is 2. The van der Waals surface area contributed by atoms with Gasteiger partial charge in [0.25, 0.3) is 5.91 Å². The Hall–Kier alpha value is -3.51. The molecular weight excluding hydrogens is 417 g/mol. The summed E-state index contributed by atoms with van der Waals surface area (Å²) >= 11 is 5.90. The van der Waals surface area contributed by atoms with Gasteiger partial charge in [0.05, 0.1) is 0 Å². The molecular formula is C24H20ClFN3O2+. The first kappa shape index (κ1) is 20.8. The van der Waals surface area contributed by atoms with Gasteiger partial charge in [0.2, 0.25) is 12.3 Å². The van der Waals surface area contributed by atoms with Gasteiger partial charge in [0.15, 0.2) is 6.04 Å². The summed E-state index contributed by atoms with van der Waals surface area (Å²) in [7, 11) is 0. The summed E-state index contributed by atoms with van der Waals surface area (Å²) in [6, 6.07) is 18.8. The molecule has 3 aromatic rings. The van der Waals surface area contributed by atoms with Gasteiger partial charge in [0, 0.05) is 21.7 Å². The maximum absolute atomic E-state index is 13.3. The highest BCUT2D eigenvalue weighted by atomic mass is 35.5. The highest BCUT2D eigenvalue weighted by Crippen LogP contribution is 2.26. The lowest BCUT2D eigenvalue weighted by atomic mass is 9.98. The highest BCUT2D eigenvalue weighted by molar-refractivity contribution is 6.30. The normalized spacial score (nSPS) is 19.3. The number of hydrazine groups is 1. The van der Waals surface area contributed by atoms with Crippen molar-refractivity contribution in [2.75, 3.05) is 0 Å². The monoisotopic (exact) mass is 436 g/mol. The van der Waals surface area contributed by atoms with E-state index < -0.39 is 12.1 Å². The first-order chi connectivity index (χ1) is 14.9. The molecule has 5 nitrogen and oxygen atoms in total. The van der Waals surface area contributed by atoms with Crippen LogP contribution < -0.4 is 10.7 Å². The van der Waals surface area contributed by atoms with E-state index in [1.54, 1.807) is 47.3 Å². The summed E-state index contributed by atoms with van der Waals surface area (Å²) in [5.41, 5.74) is 5.85. The second-order valence-corrected chi connectivity index (χ2v) is 7.81. The van der Waals surface area contributed by atoms with Crippen LogP contribution in [0.2, 0.25) is 5.02 Å². The molecule has 0 unspecified atom stereocenters. The van der Waals surface area contributed by atoms with Crippen molar-refractivity contribution in [2.45, 2.75) is 19.0 Å². The third-order valence-electron chi connectivity index (χ3n) is 5.11. The van der Waals surface area contributed by atoms with Crippen LogP contribution in [0.1, 0.15) is 33.1 Å². The molecule has 3 aromatic carbocycles. The highest BCUT2D eigenvalue weighted by Gasteiger charge is 2.47. The van der Waals surface area contributed by atoms with Crippen molar-refractivity contribution in [1.29, 1.82) is 0 Å². The zero-order valence-electron chi connectivity index (χ0n) is 16.7. The predicted molar refractivity (Wildman–Crippen MR) is 117 cm³/mol. The maximum atomic E-state index is 13.3. The molecule has 0 aromatic heterocycles. The summed E-state index contributed by atoms with van der Waals surface area (Å²) < 4.78 is 14.9. The number of nitrogens with zero attached hydrogens (tertiary/aromatic N) is 1. The van der Waals surface area contributed by atoms with E-state index in [1.807, 2.05) is 31.2 Å². The number of amides is 2. The number of aryl methyl sites for hydroxylation is 1. The van der Waals surface area contributed by atoms with Gasteiger partial charge in [-0.1, -0.05) is 41.4 Å². The molecule has 1 aliphatic heterocycles. The summed E-state index contributed by atoms with van der Waals surface area (Å²) in [5, 5.41) is 3.36. The van der Waals surface area contributed by atoms with Gasteiger partial charge in [-0.25, -0.2) is 4.39 Å². The van der Waals surface area contributed by atoms with Crippen molar-refractivity contribution >= 4 is 29.6 Å². The fourth-order valence-corrected chi connectivity index (χ4v) is 3.61. The minimum Gasteiger partial charge on any atom is -0.334 e. The van der Waals surface area contributed by atoms with Gasteiger partial charge >= 0.3 is 5.91 Å². The third-order valence-corrected chi connectivity index (χ3v) is 5.36. The molecule has 156 valence electrons. The van der Waals surface area contributed by atoms with Gasteiger partial charge in [-0.3, -0.25) is 9.59 Å². The van der Waals surface area contributed by atoms with Crippen molar-refractivity contribution in [3.05, 3.63) is 106 Å². The van der Waals surface area contributed by atoms with Gasteiger partial charge in [-0.05, 0) is 55.5 Å². The van der Waals surface area contributed by atoms with Crippen LogP contribution in [0.5, 0.6) is 0 Å². The molecule has 0 radical (unpaired) electrons. The molecule has 2 N–H and O–H groups in total. The Bertz CT molecular complexity index is 1140. The quantitative estimate of drug-likeness (QED) is 0.611. The number of hydrazone groups is 1. The van der Waals surface area contributed by atoms with E-state index in [1.165, 1.54) is 12.1 Å². The lowest BCUT2D eigenvalue weighted by Gasteiger charge is -2.15. The molecule has 1 heterocycles. The van der Waals surface area contributed by atoms with Crippen molar-refractivity contribution in [1.82, 2.24) is 10.7 Å². The largest absolute Gasteiger partial charge is 0.334 e. The second-order valence-electron chi connectivity index (χ2n) is 7.38. The van der Waals surface area contributed by atoms with E-state index in [0.717, 1.165) is 11.1 Å². The summed E-state index contributed by atoms with van der Waals surface area (Å²) in [5.74, 6) is -1.06. The van der Waals surface area contributed by atoms with E-state index in [9.17, 15) is 14.0 Å². The molecule has 0 bridgehead atoms. The Morgan fingerprint density at radius 2 is 1.68 bits per heavy atom. The topological polar surface area (TPSA) is 61.2 Å². The predicted octanol–water partition coefficient (Wildman–Crippen LogP) is 3.80. The van der Waals surface area contributed by atoms with Gasteiger partial charge in [-0.15, -0.1) is 10.1 Å². The van der Waals surface area contributed by atoms with Crippen LogP contribution in [-0.2, 0) is 4.79 Å². The summed E-state index contributed by atoms with van der Waals surface area (Å²) in [6.45, 7) is 1.98. The molecule has 0 saturated carbocycles. The molecule has 1 saturated heterocycles. The Morgan fingerprint density at radius 1 is 1.03 bits per heavy atom. The minimum absolute atomic E-state index is 0.341. The summed E-state index contributed by atoms with van der Waals surface area (Å²) in [4.78, 5) is 25.6. The summed E-state index contributed by atoms with van der Waals surface area (Å²) in [6.07, 6.45) is 1.72. The first-order valence-corrected chi connectivity index (χ1v) is 10.1. The Labute approximate surface area is 184 Å². The lowest BCUT2D eigenvalue weighted by Crippen LogP contribution is -2.42. The van der Waals surface area contributed by atoms with E-state index in [-0.39, 0.29) is 17.6 Å². The van der Waals surface area contributed by atoms with E-state index in [0.29, 0.717) is 16.1 Å². The van der Waals surface area contributed by atoms with Crippen LogP contribution >= 0.6 is 11.6 Å². The maximum Gasteiger partial charge on any atom is 0.304 e. The third kappa shape index (κ3) is 4.64. The van der Waals surface area contributed by atoms with Crippen molar-refractivity contribution in [3.8, 4) is 0 Å². The van der Waals surface area contributed by atoms with Crippen molar-refractivity contribution in [2.24, 2.45) is 0 Å².